The first-order chi connectivity index (χ1) is 6.88. The monoisotopic (exact) mass is 205 g/mol. The van der Waals surface area contributed by atoms with Crippen LogP contribution < -0.4 is 0 Å². The standard InChI is InChI=1S/C13H19NO/c1-10-6-7-11(2)12(8-10)9-14-15-13(3,4)5/h6-9H,1-5H3/b14-9+. The molecule has 0 spiro atoms. The van der Waals surface area contributed by atoms with Crippen LogP contribution in [0.4, 0.5) is 0 Å². The van der Waals surface area contributed by atoms with Gasteiger partial charge < -0.3 is 4.84 Å². The van der Waals surface area contributed by atoms with Gasteiger partial charge in [0.15, 0.2) is 0 Å². The van der Waals surface area contributed by atoms with E-state index in [0.29, 0.717) is 0 Å². The summed E-state index contributed by atoms with van der Waals surface area (Å²) in [7, 11) is 0. The maximum absolute atomic E-state index is 5.30. The third kappa shape index (κ3) is 4.15. The van der Waals surface area contributed by atoms with E-state index in [-0.39, 0.29) is 5.60 Å². The molecule has 0 unspecified atom stereocenters. The van der Waals surface area contributed by atoms with Crippen LogP contribution in [0.2, 0.25) is 0 Å². The summed E-state index contributed by atoms with van der Waals surface area (Å²) < 4.78 is 0. The molecule has 0 aliphatic carbocycles. The van der Waals surface area contributed by atoms with Gasteiger partial charge in [-0.1, -0.05) is 28.9 Å². The topological polar surface area (TPSA) is 21.6 Å². The Labute approximate surface area is 91.9 Å². The van der Waals surface area contributed by atoms with Crippen molar-refractivity contribution in [3.05, 3.63) is 34.9 Å². The molecule has 0 fully saturated rings. The van der Waals surface area contributed by atoms with E-state index in [1.165, 1.54) is 11.1 Å². The van der Waals surface area contributed by atoms with Crippen molar-refractivity contribution < 1.29 is 4.84 Å². The molecule has 0 saturated heterocycles. The Bertz CT molecular complexity index is 361. The highest BCUT2D eigenvalue weighted by Gasteiger charge is 2.09. The van der Waals surface area contributed by atoms with Crippen molar-refractivity contribution in [1.82, 2.24) is 0 Å². The van der Waals surface area contributed by atoms with E-state index in [1.807, 2.05) is 20.8 Å². The van der Waals surface area contributed by atoms with Gasteiger partial charge in [0, 0.05) is 0 Å². The lowest BCUT2D eigenvalue weighted by atomic mass is 10.1. The Hall–Kier alpha value is -1.31. The predicted molar refractivity (Wildman–Crippen MR) is 64.3 cm³/mol. The fourth-order valence-corrected chi connectivity index (χ4v) is 1.14. The normalized spacial score (nSPS) is 12.1. The van der Waals surface area contributed by atoms with Crippen molar-refractivity contribution in [1.29, 1.82) is 0 Å². The van der Waals surface area contributed by atoms with E-state index >= 15 is 0 Å². The molecule has 1 aromatic carbocycles. The fourth-order valence-electron chi connectivity index (χ4n) is 1.14. The van der Waals surface area contributed by atoms with Crippen molar-refractivity contribution in [3.63, 3.8) is 0 Å². The average Bonchev–Trinajstić information content (AvgIpc) is 2.09. The third-order valence-corrected chi connectivity index (χ3v) is 1.95. The maximum Gasteiger partial charge on any atom is 0.129 e. The molecule has 0 saturated carbocycles. The Morgan fingerprint density at radius 2 is 1.87 bits per heavy atom. The largest absolute Gasteiger partial charge is 0.390 e. The van der Waals surface area contributed by atoms with Gasteiger partial charge in [-0.05, 0) is 45.7 Å². The van der Waals surface area contributed by atoms with Crippen molar-refractivity contribution in [2.24, 2.45) is 5.16 Å². The van der Waals surface area contributed by atoms with E-state index in [2.05, 4.69) is 37.2 Å². The minimum atomic E-state index is -0.228. The second-order valence-electron chi connectivity index (χ2n) is 4.80. The van der Waals surface area contributed by atoms with Crippen LogP contribution in [0.3, 0.4) is 0 Å². The van der Waals surface area contributed by atoms with Crippen LogP contribution in [0, 0.1) is 13.8 Å². The lowest BCUT2D eigenvalue weighted by Crippen LogP contribution is -2.15. The van der Waals surface area contributed by atoms with Crippen LogP contribution >= 0.6 is 0 Å². The van der Waals surface area contributed by atoms with Gasteiger partial charge in [0.25, 0.3) is 0 Å². The van der Waals surface area contributed by atoms with Gasteiger partial charge in [-0.2, -0.15) is 0 Å². The third-order valence-electron chi connectivity index (χ3n) is 1.95. The summed E-state index contributed by atoms with van der Waals surface area (Å²) in [6.07, 6.45) is 1.77. The Balaban J connectivity index is 2.76. The molecule has 0 aliphatic heterocycles. The van der Waals surface area contributed by atoms with Crippen molar-refractivity contribution in [2.45, 2.75) is 40.2 Å². The Morgan fingerprint density at radius 3 is 2.47 bits per heavy atom. The molecule has 0 atom stereocenters. The van der Waals surface area contributed by atoms with Crippen LogP contribution in [0.25, 0.3) is 0 Å². The Morgan fingerprint density at radius 1 is 1.20 bits per heavy atom. The highest BCUT2D eigenvalue weighted by Crippen LogP contribution is 2.10. The predicted octanol–water partition coefficient (Wildman–Crippen LogP) is 3.45. The van der Waals surface area contributed by atoms with Gasteiger partial charge in [-0.25, -0.2) is 0 Å². The minimum absolute atomic E-state index is 0.228. The summed E-state index contributed by atoms with van der Waals surface area (Å²) in [4.78, 5) is 5.30. The molecule has 1 rings (SSSR count). The molecule has 0 amide bonds. The number of rotatable bonds is 2. The molecular formula is C13H19NO. The number of benzene rings is 1. The molecule has 0 radical (unpaired) electrons. The molecule has 2 heteroatoms. The minimum Gasteiger partial charge on any atom is -0.390 e. The van der Waals surface area contributed by atoms with Crippen molar-refractivity contribution in [3.8, 4) is 0 Å². The zero-order valence-corrected chi connectivity index (χ0v) is 10.2. The van der Waals surface area contributed by atoms with Crippen LogP contribution in [-0.2, 0) is 4.84 Å². The summed E-state index contributed by atoms with van der Waals surface area (Å²) in [5.41, 5.74) is 3.33. The van der Waals surface area contributed by atoms with Crippen LogP contribution in [0.15, 0.2) is 23.4 Å². The molecule has 0 N–H and O–H groups in total. The first-order valence-corrected chi connectivity index (χ1v) is 5.17. The smallest absolute Gasteiger partial charge is 0.129 e. The van der Waals surface area contributed by atoms with Gasteiger partial charge in [0.2, 0.25) is 0 Å². The van der Waals surface area contributed by atoms with E-state index in [1.54, 1.807) is 6.21 Å². The average molecular weight is 205 g/mol. The molecule has 1 aromatic rings. The molecule has 82 valence electrons. The first kappa shape index (κ1) is 11.8. The highest BCUT2D eigenvalue weighted by atomic mass is 16.6. The quantitative estimate of drug-likeness (QED) is 0.535. The van der Waals surface area contributed by atoms with Crippen molar-refractivity contribution in [2.75, 3.05) is 0 Å². The van der Waals surface area contributed by atoms with E-state index in [9.17, 15) is 0 Å². The van der Waals surface area contributed by atoms with E-state index in [4.69, 9.17) is 4.84 Å². The molecule has 2 nitrogen and oxygen atoms in total. The summed E-state index contributed by atoms with van der Waals surface area (Å²) in [6.45, 7) is 10.1. The van der Waals surface area contributed by atoms with Gasteiger partial charge in [0.05, 0.1) is 6.21 Å². The van der Waals surface area contributed by atoms with Gasteiger partial charge in [0.1, 0.15) is 5.60 Å². The lowest BCUT2D eigenvalue weighted by molar-refractivity contribution is 0.00199. The second-order valence-corrected chi connectivity index (χ2v) is 4.80. The van der Waals surface area contributed by atoms with Gasteiger partial charge in [-0.3, -0.25) is 0 Å². The van der Waals surface area contributed by atoms with Crippen molar-refractivity contribution >= 4 is 6.21 Å². The zero-order chi connectivity index (χ0) is 11.5. The number of nitrogens with zero attached hydrogens (tertiary/aromatic N) is 1. The number of hydrogen-bond donors (Lipinski definition) is 0. The summed E-state index contributed by atoms with van der Waals surface area (Å²) in [5.74, 6) is 0. The second kappa shape index (κ2) is 4.47. The fraction of sp³-hybridized carbons (Fsp3) is 0.462. The molecule has 0 aliphatic rings. The van der Waals surface area contributed by atoms with E-state index < -0.39 is 0 Å². The van der Waals surface area contributed by atoms with E-state index in [0.717, 1.165) is 5.56 Å². The molecule has 0 aromatic heterocycles. The number of aryl methyl sites for hydroxylation is 2. The Kier molecular flexibility index (Phi) is 3.51. The number of hydrogen-bond acceptors (Lipinski definition) is 2. The number of oxime groups is 1. The van der Waals surface area contributed by atoms with Crippen LogP contribution in [0.1, 0.15) is 37.5 Å². The van der Waals surface area contributed by atoms with Crippen LogP contribution in [-0.4, -0.2) is 11.8 Å². The summed E-state index contributed by atoms with van der Waals surface area (Å²) in [5, 5.41) is 3.99. The summed E-state index contributed by atoms with van der Waals surface area (Å²) >= 11 is 0. The van der Waals surface area contributed by atoms with Gasteiger partial charge in [-0.15, -0.1) is 0 Å². The SMILES string of the molecule is Cc1ccc(C)c(/C=N/OC(C)(C)C)c1. The molecule has 0 bridgehead atoms. The van der Waals surface area contributed by atoms with Crippen LogP contribution in [0.5, 0.6) is 0 Å². The molecule has 15 heavy (non-hydrogen) atoms. The highest BCUT2D eigenvalue weighted by molar-refractivity contribution is 5.81. The lowest BCUT2D eigenvalue weighted by Gasteiger charge is -2.15. The molecule has 0 heterocycles. The molecular weight excluding hydrogens is 186 g/mol. The summed E-state index contributed by atoms with van der Waals surface area (Å²) in [6, 6.07) is 6.29. The zero-order valence-electron chi connectivity index (χ0n) is 10.2. The first-order valence-electron chi connectivity index (χ1n) is 5.17. The maximum atomic E-state index is 5.30. The van der Waals surface area contributed by atoms with Gasteiger partial charge >= 0.3 is 0 Å².